The molecule has 1 saturated heterocycles. The van der Waals surface area contributed by atoms with Gasteiger partial charge < -0.3 is 9.88 Å². The SMILES string of the molecule is CSc1nc2c(c(=O)[nH]1)CCC1(CC(=O)N(c3ccccc3)C1)C2. The van der Waals surface area contributed by atoms with E-state index in [2.05, 4.69) is 9.97 Å². The lowest BCUT2D eigenvalue weighted by atomic mass is 9.73. The van der Waals surface area contributed by atoms with Crippen LogP contribution in [0.5, 0.6) is 0 Å². The van der Waals surface area contributed by atoms with Crippen LogP contribution in [0.25, 0.3) is 0 Å². The van der Waals surface area contributed by atoms with Gasteiger partial charge >= 0.3 is 0 Å². The molecule has 1 aliphatic heterocycles. The monoisotopic (exact) mass is 341 g/mol. The summed E-state index contributed by atoms with van der Waals surface area (Å²) in [6.07, 6.45) is 4.69. The van der Waals surface area contributed by atoms with Gasteiger partial charge in [0.25, 0.3) is 5.56 Å². The van der Waals surface area contributed by atoms with Gasteiger partial charge in [0.2, 0.25) is 5.91 Å². The summed E-state index contributed by atoms with van der Waals surface area (Å²) in [5.74, 6) is 0.166. The molecule has 2 aliphatic rings. The fourth-order valence-electron chi connectivity index (χ4n) is 3.88. The number of aromatic nitrogens is 2. The number of nitrogens with one attached hydrogen (secondary N) is 1. The van der Waals surface area contributed by atoms with E-state index in [4.69, 9.17) is 0 Å². The molecule has 1 N–H and O–H groups in total. The van der Waals surface area contributed by atoms with Crippen molar-refractivity contribution < 1.29 is 4.79 Å². The maximum Gasteiger partial charge on any atom is 0.254 e. The predicted molar refractivity (Wildman–Crippen MR) is 94.5 cm³/mol. The van der Waals surface area contributed by atoms with Gasteiger partial charge in [0.15, 0.2) is 5.16 Å². The highest BCUT2D eigenvalue weighted by Gasteiger charge is 2.46. The summed E-state index contributed by atoms with van der Waals surface area (Å²) < 4.78 is 0. The third kappa shape index (κ3) is 2.55. The number of aromatic amines is 1. The van der Waals surface area contributed by atoms with Crippen LogP contribution >= 0.6 is 11.8 Å². The summed E-state index contributed by atoms with van der Waals surface area (Å²) >= 11 is 1.44. The van der Waals surface area contributed by atoms with E-state index < -0.39 is 0 Å². The Morgan fingerprint density at radius 2 is 2.00 bits per heavy atom. The Balaban J connectivity index is 1.66. The van der Waals surface area contributed by atoms with Gasteiger partial charge in [0.1, 0.15) is 0 Å². The van der Waals surface area contributed by atoms with Gasteiger partial charge in [-0.1, -0.05) is 30.0 Å². The molecule has 2 heterocycles. The summed E-state index contributed by atoms with van der Waals surface area (Å²) in [7, 11) is 0. The molecule has 6 heteroatoms. The van der Waals surface area contributed by atoms with E-state index in [0.29, 0.717) is 31.0 Å². The van der Waals surface area contributed by atoms with E-state index >= 15 is 0 Å². The number of hydrogen-bond acceptors (Lipinski definition) is 4. The van der Waals surface area contributed by atoms with Gasteiger partial charge in [-0.2, -0.15) is 0 Å². The van der Waals surface area contributed by atoms with E-state index in [-0.39, 0.29) is 16.9 Å². The molecule has 1 aromatic heterocycles. The van der Waals surface area contributed by atoms with Gasteiger partial charge in [-0.3, -0.25) is 9.59 Å². The van der Waals surface area contributed by atoms with Crippen LogP contribution in [0.3, 0.4) is 0 Å². The Labute approximate surface area is 144 Å². The van der Waals surface area contributed by atoms with Crippen LogP contribution in [0, 0.1) is 5.41 Å². The quantitative estimate of drug-likeness (QED) is 0.673. The number of nitrogens with zero attached hydrogens (tertiary/aromatic N) is 2. The van der Waals surface area contributed by atoms with Crippen LogP contribution in [-0.4, -0.2) is 28.7 Å². The smallest absolute Gasteiger partial charge is 0.254 e. The number of carbonyl (C=O) groups is 1. The number of amides is 1. The molecule has 1 spiro atoms. The van der Waals surface area contributed by atoms with Gasteiger partial charge in [-0.15, -0.1) is 0 Å². The van der Waals surface area contributed by atoms with Crippen LogP contribution < -0.4 is 10.5 Å². The first kappa shape index (κ1) is 15.4. The Morgan fingerprint density at radius 3 is 2.75 bits per heavy atom. The fourth-order valence-corrected chi connectivity index (χ4v) is 4.28. The number of thioether (sulfide) groups is 1. The molecule has 2 aromatic rings. The zero-order valence-electron chi connectivity index (χ0n) is 13.5. The van der Waals surface area contributed by atoms with Gasteiger partial charge in [-0.05, 0) is 37.7 Å². The van der Waals surface area contributed by atoms with E-state index in [1.54, 1.807) is 0 Å². The summed E-state index contributed by atoms with van der Waals surface area (Å²) in [5, 5.41) is 0.653. The first-order valence-corrected chi connectivity index (χ1v) is 9.34. The summed E-state index contributed by atoms with van der Waals surface area (Å²) in [5.41, 5.74) is 2.49. The molecule has 24 heavy (non-hydrogen) atoms. The maximum atomic E-state index is 12.6. The molecular formula is C18H19N3O2S. The molecule has 1 unspecified atom stereocenters. The standard InChI is InChI=1S/C18H19N3O2S/c1-24-17-19-14-9-18(8-7-13(14)16(23)20-17)10-15(22)21(11-18)12-5-3-2-4-6-12/h2-6H,7-11H2,1H3,(H,19,20,23). The highest BCUT2D eigenvalue weighted by atomic mass is 32.2. The lowest BCUT2D eigenvalue weighted by Crippen LogP contribution is -2.36. The average Bonchev–Trinajstić information content (AvgIpc) is 2.91. The number of para-hydroxylation sites is 1. The summed E-state index contributed by atoms with van der Waals surface area (Å²) in [6.45, 7) is 0.707. The predicted octanol–water partition coefficient (Wildman–Crippen LogP) is 2.40. The second-order valence-corrected chi connectivity index (χ2v) is 7.46. The molecule has 1 aromatic carbocycles. The molecule has 0 saturated carbocycles. The molecule has 1 atom stereocenters. The van der Waals surface area contributed by atoms with Crippen molar-refractivity contribution in [3.05, 3.63) is 51.9 Å². The van der Waals surface area contributed by atoms with Crippen molar-refractivity contribution in [1.29, 1.82) is 0 Å². The van der Waals surface area contributed by atoms with Crippen molar-refractivity contribution in [3.63, 3.8) is 0 Å². The Bertz CT molecular complexity index is 849. The first-order valence-electron chi connectivity index (χ1n) is 8.12. The molecule has 5 nitrogen and oxygen atoms in total. The highest BCUT2D eigenvalue weighted by Crippen LogP contribution is 2.43. The lowest BCUT2D eigenvalue weighted by Gasteiger charge is -2.33. The zero-order chi connectivity index (χ0) is 16.7. The maximum absolute atomic E-state index is 12.6. The Kier molecular flexibility index (Phi) is 3.72. The second-order valence-electron chi connectivity index (χ2n) is 6.67. The molecule has 1 fully saturated rings. The number of anilines is 1. The van der Waals surface area contributed by atoms with Crippen molar-refractivity contribution >= 4 is 23.4 Å². The molecule has 1 amide bonds. The fraction of sp³-hybridized carbons (Fsp3) is 0.389. The molecular weight excluding hydrogens is 322 g/mol. The minimum absolute atomic E-state index is 0.0246. The van der Waals surface area contributed by atoms with Gasteiger partial charge in [0, 0.05) is 29.6 Å². The number of benzene rings is 1. The van der Waals surface area contributed by atoms with Crippen LogP contribution in [0.1, 0.15) is 24.1 Å². The van der Waals surface area contributed by atoms with Crippen molar-refractivity contribution in [2.75, 3.05) is 17.7 Å². The number of carbonyl (C=O) groups excluding carboxylic acids is 1. The molecule has 1 aliphatic carbocycles. The Hall–Kier alpha value is -2.08. The van der Waals surface area contributed by atoms with Crippen molar-refractivity contribution in [1.82, 2.24) is 9.97 Å². The van der Waals surface area contributed by atoms with Gasteiger partial charge in [-0.25, -0.2) is 4.98 Å². The van der Waals surface area contributed by atoms with E-state index in [0.717, 1.165) is 23.4 Å². The lowest BCUT2D eigenvalue weighted by molar-refractivity contribution is -0.117. The zero-order valence-corrected chi connectivity index (χ0v) is 14.4. The molecule has 124 valence electrons. The largest absolute Gasteiger partial charge is 0.312 e. The van der Waals surface area contributed by atoms with E-state index in [1.165, 1.54) is 11.8 Å². The summed E-state index contributed by atoms with van der Waals surface area (Å²) in [4.78, 5) is 34.1. The molecule has 4 rings (SSSR count). The Morgan fingerprint density at radius 1 is 1.21 bits per heavy atom. The van der Waals surface area contributed by atoms with Gasteiger partial charge in [0.05, 0.1) is 5.69 Å². The van der Waals surface area contributed by atoms with Crippen LogP contribution in [-0.2, 0) is 17.6 Å². The van der Waals surface area contributed by atoms with E-state index in [1.807, 2.05) is 41.5 Å². The first-order chi connectivity index (χ1) is 11.6. The third-order valence-corrected chi connectivity index (χ3v) is 5.69. The topological polar surface area (TPSA) is 66.1 Å². The molecule has 0 bridgehead atoms. The minimum Gasteiger partial charge on any atom is -0.312 e. The van der Waals surface area contributed by atoms with Crippen molar-refractivity contribution in [3.8, 4) is 0 Å². The second kappa shape index (κ2) is 5.77. The highest BCUT2D eigenvalue weighted by molar-refractivity contribution is 7.98. The van der Waals surface area contributed by atoms with Crippen molar-refractivity contribution in [2.45, 2.75) is 30.8 Å². The average molecular weight is 341 g/mol. The number of fused-ring (bicyclic) bond motifs is 1. The van der Waals surface area contributed by atoms with E-state index in [9.17, 15) is 9.59 Å². The van der Waals surface area contributed by atoms with Crippen LogP contribution in [0.2, 0.25) is 0 Å². The number of rotatable bonds is 2. The summed E-state index contributed by atoms with van der Waals surface area (Å²) in [6, 6.07) is 9.81. The van der Waals surface area contributed by atoms with Crippen LogP contribution in [0.15, 0.2) is 40.3 Å². The third-order valence-electron chi connectivity index (χ3n) is 5.11. The normalized spacial score (nSPS) is 22.9. The van der Waals surface area contributed by atoms with Crippen molar-refractivity contribution in [2.24, 2.45) is 5.41 Å². The molecule has 0 radical (unpaired) electrons. The number of H-pyrrole nitrogens is 1. The number of hydrogen-bond donors (Lipinski definition) is 1. The van der Waals surface area contributed by atoms with Crippen LogP contribution in [0.4, 0.5) is 5.69 Å². The minimum atomic E-state index is -0.101.